The molecule has 1 aliphatic rings. The highest BCUT2D eigenvalue weighted by molar-refractivity contribution is 6.30. The molecule has 1 aromatic carbocycles. The van der Waals surface area contributed by atoms with Gasteiger partial charge in [0.2, 0.25) is 5.91 Å². The molecule has 1 aromatic heterocycles. The van der Waals surface area contributed by atoms with Crippen LogP contribution >= 0.6 is 11.6 Å². The fourth-order valence-electron chi connectivity index (χ4n) is 3.64. The number of carbonyl (C=O) groups is 2. The van der Waals surface area contributed by atoms with Gasteiger partial charge < -0.3 is 19.8 Å². The van der Waals surface area contributed by atoms with Crippen LogP contribution in [0.4, 0.5) is 5.82 Å². The largest absolute Gasteiger partial charge is 0.477 e. The van der Waals surface area contributed by atoms with Gasteiger partial charge in [-0.05, 0) is 43.5 Å². The van der Waals surface area contributed by atoms with E-state index in [-0.39, 0.29) is 17.2 Å². The van der Waals surface area contributed by atoms with Crippen LogP contribution in [0.25, 0.3) is 11.3 Å². The van der Waals surface area contributed by atoms with E-state index in [4.69, 9.17) is 16.1 Å². The number of hydrogen-bond donors (Lipinski definition) is 2. The summed E-state index contributed by atoms with van der Waals surface area (Å²) in [5.41, 5.74) is 0.208. The van der Waals surface area contributed by atoms with Crippen LogP contribution in [0.2, 0.25) is 5.02 Å². The SMILES string of the molecule is CCC1(C(=O)NC)CCN(c2noc(-c3ccc(Cl)cc3)c2C(=O)O)CC1. The lowest BCUT2D eigenvalue weighted by molar-refractivity contribution is -0.132. The van der Waals surface area contributed by atoms with E-state index in [2.05, 4.69) is 10.5 Å². The van der Waals surface area contributed by atoms with Crippen LogP contribution in [0.5, 0.6) is 0 Å². The molecule has 2 N–H and O–H groups in total. The maximum atomic E-state index is 12.3. The molecule has 2 heterocycles. The van der Waals surface area contributed by atoms with E-state index in [1.54, 1.807) is 31.3 Å². The lowest BCUT2D eigenvalue weighted by Gasteiger charge is -2.40. The van der Waals surface area contributed by atoms with Crippen molar-refractivity contribution >= 4 is 29.3 Å². The number of benzene rings is 1. The molecule has 0 saturated carbocycles. The van der Waals surface area contributed by atoms with Gasteiger partial charge >= 0.3 is 5.97 Å². The number of rotatable bonds is 5. The van der Waals surface area contributed by atoms with Crippen LogP contribution < -0.4 is 10.2 Å². The summed E-state index contributed by atoms with van der Waals surface area (Å²) in [5.74, 6) is -0.568. The Kier molecular flexibility index (Phi) is 5.41. The maximum absolute atomic E-state index is 12.3. The van der Waals surface area contributed by atoms with Crippen LogP contribution in [0.3, 0.4) is 0 Å². The molecule has 0 bridgehead atoms. The molecule has 0 atom stereocenters. The van der Waals surface area contributed by atoms with Gasteiger partial charge in [0.25, 0.3) is 0 Å². The van der Waals surface area contributed by atoms with Crippen LogP contribution in [0, 0.1) is 5.41 Å². The minimum absolute atomic E-state index is 0.0289. The van der Waals surface area contributed by atoms with Crippen molar-refractivity contribution in [1.29, 1.82) is 0 Å². The van der Waals surface area contributed by atoms with Crippen molar-refractivity contribution in [2.45, 2.75) is 26.2 Å². The first-order chi connectivity index (χ1) is 12.9. The Hall–Kier alpha value is -2.54. The topological polar surface area (TPSA) is 95.7 Å². The van der Waals surface area contributed by atoms with E-state index in [0.29, 0.717) is 42.3 Å². The maximum Gasteiger partial charge on any atom is 0.343 e. The first kappa shape index (κ1) is 19.2. The van der Waals surface area contributed by atoms with Crippen molar-refractivity contribution in [2.75, 3.05) is 25.0 Å². The average molecular weight is 392 g/mol. The van der Waals surface area contributed by atoms with Crippen molar-refractivity contribution < 1.29 is 19.2 Å². The number of aromatic nitrogens is 1. The number of nitrogens with one attached hydrogen (secondary N) is 1. The van der Waals surface area contributed by atoms with Gasteiger partial charge in [0, 0.05) is 30.7 Å². The fraction of sp³-hybridized carbons (Fsp3) is 0.421. The zero-order chi connectivity index (χ0) is 19.6. The number of amides is 1. The molecule has 1 amide bonds. The van der Waals surface area contributed by atoms with Crippen molar-refractivity contribution in [1.82, 2.24) is 10.5 Å². The number of anilines is 1. The van der Waals surface area contributed by atoms with Gasteiger partial charge in [-0.3, -0.25) is 4.79 Å². The quantitative estimate of drug-likeness (QED) is 0.810. The third kappa shape index (κ3) is 3.51. The number of carboxylic acids is 1. The Bertz CT molecular complexity index is 839. The van der Waals surface area contributed by atoms with Gasteiger partial charge in [0.15, 0.2) is 17.1 Å². The van der Waals surface area contributed by atoms with Gasteiger partial charge in [-0.15, -0.1) is 0 Å². The molecule has 7 nitrogen and oxygen atoms in total. The summed E-state index contributed by atoms with van der Waals surface area (Å²) in [6.45, 7) is 3.07. The molecule has 0 radical (unpaired) electrons. The Morgan fingerprint density at radius 2 is 1.93 bits per heavy atom. The summed E-state index contributed by atoms with van der Waals surface area (Å²) in [5, 5.41) is 17.1. The molecular formula is C19H22ClN3O4. The van der Waals surface area contributed by atoms with Crippen LogP contribution in [-0.4, -0.2) is 42.3 Å². The predicted molar refractivity (Wildman–Crippen MR) is 102 cm³/mol. The van der Waals surface area contributed by atoms with Crippen molar-refractivity contribution in [2.24, 2.45) is 5.41 Å². The normalized spacial score (nSPS) is 16.2. The molecule has 0 spiro atoms. The van der Waals surface area contributed by atoms with E-state index < -0.39 is 11.4 Å². The first-order valence-electron chi connectivity index (χ1n) is 8.88. The van der Waals surface area contributed by atoms with Crippen molar-refractivity contribution in [3.63, 3.8) is 0 Å². The lowest BCUT2D eigenvalue weighted by atomic mass is 9.75. The lowest BCUT2D eigenvalue weighted by Crippen LogP contribution is -2.48. The number of piperidine rings is 1. The van der Waals surface area contributed by atoms with E-state index in [1.165, 1.54) is 0 Å². The van der Waals surface area contributed by atoms with Crippen molar-refractivity contribution in [3.05, 3.63) is 34.9 Å². The van der Waals surface area contributed by atoms with E-state index >= 15 is 0 Å². The molecule has 144 valence electrons. The molecule has 2 aromatic rings. The summed E-state index contributed by atoms with van der Waals surface area (Å²) < 4.78 is 5.39. The Morgan fingerprint density at radius 1 is 1.30 bits per heavy atom. The minimum atomic E-state index is -1.10. The van der Waals surface area contributed by atoms with E-state index in [0.717, 1.165) is 6.42 Å². The van der Waals surface area contributed by atoms with Crippen LogP contribution in [0.1, 0.15) is 36.5 Å². The summed E-state index contributed by atoms with van der Waals surface area (Å²) >= 11 is 5.90. The van der Waals surface area contributed by atoms with E-state index in [1.807, 2.05) is 11.8 Å². The number of carboxylic acid groups (broad SMARTS) is 1. The number of aromatic carboxylic acids is 1. The average Bonchev–Trinajstić information content (AvgIpc) is 3.13. The zero-order valence-corrected chi connectivity index (χ0v) is 16.0. The summed E-state index contributed by atoms with van der Waals surface area (Å²) in [6.07, 6.45) is 2.00. The van der Waals surface area contributed by atoms with Crippen molar-refractivity contribution in [3.8, 4) is 11.3 Å². The van der Waals surface area contributed by atoms with Gasteiger partial charge in [0.1, 0.15) is 0 Å². The van der Waals surface area contributed by atoms with E-state index in [9.17, 15) is 14.7 Å². The highest BCUT2D eigenvalue weighted by atomic mass is 35.5. The monoisotopic (exact) mass is 391 g/mol. The third-order valence-corrected chi connectivity index (χ3v) is 5.65. The van der Waals surface area contributed by atoms with Crippen LogP contribution in [0.15, 0.2) is 28.8 Å². The van der Waals surface area contributed by atoms with Gasteiger partial charge in [-0.2, -0.15) is 0 Å². The molecule has 3 rings (SSSR count). The molecular weight excluding hydrogens is 370 g/mol. The van der Waals surface area contributed by atoms with Gasteiger partial charge in [-0.25, -0.2) is 4.79 Å². The Balaban J connectivity index is 1.89. The second-order valence-electron chi connectivity index (χ2n) is 6.72. The molecule has 27 heavy (non-hydrogen) atoms. The highest BCUT2D eigenvalue weighted by Crippen LogP contribution is 2.39. The molecule has 1 fully saturated rings. The zero-order valence-electron chi connectivity index (χ0n) is 15.3. The fourth-order valence-corrected chi connectivity index (χ4v) is 3.77. The van der Waals surface area contributed by atoms with Crippen LogP contribution in [-0.2, 0) is 4.79 Å². The second-order valence-corrected chi connectivity index (χ2v) is 7.16. The second kappa shape index (κ2) is 7.60. The molecule has 1 aliphatic heterocycles. The first-order valence-corrected chi connectivity index (χ1v) is 9.25. The molecule has 0 aliphatic carbocycles. The predicted octanol–water partition coefficient (Wildman–Crippen LogP) is 3.44. The highest BCUT2D eigenvalue weighted by Gasteiger charge is 2.41. The number of carbonyl (C=O) groups excluding carboxylic acids is 1. The summed E-state index contributed by atoms with van der Waals surface area (Å²) in [7, 11) is 1.64. The minimum Gasteiger partial charge on any atom is -0.477 e. The number of hydrogen-bond acceptors (Lipinski definition) is 5. The molecule has 8 heteroatoms. The molecule has 0 unspecified atom stereocenters. The van der Waals surface area contributed by atoms with Gasteiger partial charge in [-0.1, -0.05) is 23.7 Å². The number of nitrogens with zero attached hydrogens (tertiary/aromatic N) is 2. The summed E-state index contributed by atoms with van der Waals surface area (Å²) in [6, 6.07) is 6.74. The Morgan fingerprint density at radius 3 is 2.44 bits per heavy atom. The Labute approximate surface area is 162 Å². The smallest absolute Gasteiger partial charge is 0.343 e. The summed E-state index contributed by atoms with van der Waals surface area (Å²) in [4.78, 5) is 26.1. The standard InChI is InChI=1S/C19H22ClN3O4/c1-3-19(18(26)21-2)8-10-23(11-9-19)16-14(17(24)25)15(27-22-16)12-4-6-13(20)7-5-12/h4-7H,3,8-11H2,1-2H3,(H,21,26)(H,24,25). The number of halogens is 1. The van der Waals surface area contributed by atoms with Gasteiger partial charge in [0.05, 0.1) is 5.41 Å². The third-order valence-electron chi connectivity index (χ3n) is 5.40. The molecule has 1 saturated heterocycles.